The molecule has 0 aromatic carbocycles. The van der Waals surface area contributed by atoms with E-state index >= 15 is 0 Å². The number of piperidine rings is 1. The lowest BCUT2D eigenvalue weighted by molar-refractivity contribution is -0.0147. The average Bonchev–Trinajstić information content (AvgIpc) is 2.36. The average molecular weight is 258 g/mol. The summed E-state index contributed by atoms with van der Waals surface area (Å²) >= 11 is 0. The third-order valence-corrected chi connectivity index (χ3v) is 3.71. The van der Waals surface area contributed by atoms with Gasteiger partial charge in [0.25, 0.3) is 0 Å². The molecule has 18 heavy (non-hydrogen) atoms. The van der Waals surface area contributed by atoms with E-state index < -0.39 is 5.54 Å². The molecular formula is C14H30N2O2. The minimum absolute atomic E-state index is 0.0426. The molecule has 0 aromatic heterocycles. The van der Waals surface area contributed by atoms with E-state index in [1.807, 2.05) is 6.92 Å². The van der Waals surface area contributed by atoms with Crippen molar-refractivity contribution in [3.63, 3.8) is 0 Å². The van der Waals surface area contributed by atoms with E-state index in [1.54, 1.807) is 0 Å². The molecule has 3 N–H and O–H groups in total. The van der Waals surface area contributed by atoms with Gasteiger partial charge in [0.2, 0.25) is 0 Å². The topological polar surface area (TPSA) is 58.7 Å². The normalized spacial score (nSPS) is 26.8. The van der Waals surface area contributed by atoms with E-state index in [0.29, 0.717) is 12.1 Å². The first-order chi connectivity index (χ1) is 8.48. The van der Waals surface area contributed by atoms with Gasteiger partial charge < -0.3 is 15.6 Å². The Morgan fingerprint density at radius 1 is 1.56 bits per heavy atom. The molecule has 1 fully saturated rings. The first-order valence-corrected chi connectivity index (χ1v) is 7.24. The summed E-state index contributed by atoms with van der Waals surface area (Å²) in [6.45, 7) is 9.28. The summed E-state index contributed by atoms with van der Waals surface area (Å²) in [6, 6.07) is 0.403. The van der Waals surface area contributed by atoms with Gasteiger partial charge in [-0.2, -0.15) is 0 Å². The zero-order valence-electron chi connectivity index (χ0n) is 12.2. The van der Waals surface area contributed by atoms with Crippen molar-refractivity contribution in [2.45, 2.75) is 64.1 Å². The summed E-state index contributed by atoms with van der Waals surface area (Å²) in [6.07, 6.45) is 4.64. The minimum Gasteiger partial charge on any atom is -0.394 e. The van der Waals surface area contributed by atoms with Crippen molar-refractivity contribution >= 4 is 0 Å². The van der Waals surface area contributed by atoms with Crippen LogP contribution in [0.25, 0.3) is 0 Å². The Hall–Kier alpha value is -0.160. The molecule has 0 spiro atoms. The lowest BCUT2D eigenvalue weighted by atomic mass is 9.93. The molecule has 0 aromatic rings. The SMILES string of the molecule is CCCOC1CCCN(C(C)CC(C)(N)CO)C1. The Morgan fingerprint density at radius 2 is 2.28 bits per heavy atom. The molecule has 1 aliphatic rings. The molecule has 1 rings (SSSR count). The van der Waals surface area contributed by atoms with Crippen LogP contribution in [0.2, 0.25) is 0 Å². The number of nitrogens with zero attached hydrogens (tertiary/aromatic N) is 1. The lowest BCUT2D eigenvalue weighted by Gasteiger charge is -2.39. The Labute approximate surface area is 111 Å². The number of hydrogen-bond donors (Lipinski definition) is 2. The molecule has 108 valence electrons. The van der Waals surface area contributed by atoms with Gasteiger partial charge in [0, 0.05) is 24.7 Å². The van der Waals surface area contributed by atoms with Gasteiger partial charge in [0.15, 0.2) is 0 Å². The number of hydrogen-bond acceptors (Lipinski definition) is 4. The second-order valence-electron chi connectivity index (χ2n) is 6.00. The maximum atomic E-state index is 9.24. The maximum Gasteiger partial charge on any atom is 0.0702 e. The van der Waals surface area contributed by atoms with E-state index in [-0.39, 0.29) is 6.61 Å². The van der Waals surface area contributed by atoms with Crippen LogP contribution in [0.15, 0.2) is 0 Å². The predicted octanol–water partition coefficient (Wildman–Crippen LogP) is 1.37. The summed E-state index contributed by atoms with van der Waals surface area (Å²) in [4.78, 5) is 2.45. The van der Waals surface area contributed by atoms with Crippen molar-refractivity contribution in [2.24, 2.45) is 5.73 Å². The molecule has 0 bridgehead atoms. The zero-order chi connectivity index (χ0) is 13.6. The van der Waals surface area contributed by atoms with Crippen LogP contribution in [-0.2, 0) is 4.74 Å². The molecule has 4 nitrogen and oxygen atoms in total. The van der Waals surface area contributed by atoms with Crippen molar-refractivity contribution in [2.75, 3.05) is 26.3 Å². The summed E-state index contributed by atoms with van der Waals surface area (Å²) < 4.78 is 5.85. The Morgan fingerprint density at radius 3 is 2.89 bits per heavy atom. The standard InChI is InChI=1S/C14H30N2O2/c1-4-8-18-13-6-5-7-16(10-13)12(2)9-14(3,15)11-17/h12-13,17H,4-11,15H2,1-3H3. The fourth-order valence-electron chi connectivity index (χ4n) is 2.66. The molecule has 0 radical (unpaired) electrons. The number of aliphatic hydroxyl groups is 1. The predicted molar refractivity (Wildman–Crippen MR) is 74.6 cm³/mol. The first-order valence-electron chi connectivity index (χ1n) is 7.24. The number of likely N-dealkylation sites (tertiary alicyclic amines) is 1. The molecule has 3 atom stereocenters. The summed E-state index contributed by atoms with van der Waals surface area (Å²) in [7, 11) is 0. The molecule has 0 saturated carbocycles. The minimum atomic E-state index is -0.476. The van der Waals surface area contributed by atoms with Crippen LogP contribution < -0.4 is 5.73 Å². The fraction of sp³-hybridized carbons (Fsp3) is 1.00. The highest BCUT2D eigenvalue weighted by Gasteiger charge is 2.28. The molecular weight excluding hydrogens is 228 g/mol. The molecule has 1 aliphatic heterocycles. The van der Waals surface area contributed by atoms with Crippen LogP contribution in [0.4, 0.5) is 0 Å². The third kappa shape index (κ3) is 5.22. The van der Waals surface area contributed by atoms with Crippen molar-refractivity contribution in [3.05, 3.63) is 0 Å². The molecule has 1 saturated heterocycles. The largest absolute Gasteiger partial charge is 0.394 e. The Kier molecular flexibility index (Phi) is 6.57. The number of rotatable bonds is 7. The highest BCUT2D eigenvalue weighted by atomic mass is 16.5. The van der Waals surface area contributed by atoms with Crippen molar-refractivity contribution < 1.29 is 9.84 Å². The molecule has 4 heteroatoms. The van der Waals surface area contributed by atoms with Crippen molar-refractivity contribution in [3.8, 4) is 0 Å². The van der Waals surface area contributed by atoms with Crippen LogP contribution in [0.1, 0.15) is 46.5 Å². The van der Waals surface area contributed by atoms with Gasteiger partial charge >= 0.3 is 0 Å². The van der Waals surface area contributed by atoms with Gasteiger partial charge in [-0.05, 0) is 46.1 Å². The van der Waals surface area contributed by atoms with Crippen LogP contribution in [0, 0.1) is 0 Å². The Balaban J connectivity index is 2.40. The van der Waals surface area contributed by atoms with E-state index in [2.05, 4.69) is 18.7 Å². The quantitative estimate of drug-likeness (QED) is 0.724. The maximum absolute atomic E-state index is 9.24. The second kappa shape index (κ2) is 7.43. The van der Waals surface area contributed by atoms with Crippen LogP contribution in [0.5, 0.6) is 0 Å². The summed E-state index contributed by atoms with van der Waals surface area (Å²) in [5.74, 6) is 0. The highest BCUT2D eigenvalue weighted by Crippen LogP contribution is 2.20. The van der Waals surface area contributed by atoms with Crippen molar-refractivity contribution in [1.29, 1.82) is 0 Å². The van der Waals surface area contributed by atoms with Crippen molar-refractivity contribution in [1.82, 2.24) is 4.90 Å². The van der Waals surface area contributed by atoms with Crippen LogP contribution in [-0.4, -0.2) is 54.0 Å². The van der Waals surface area contributed by atoms with Gasteiger partial charge in [0.05, 0.1) is 12.7 Å². The highest BCUT2D eigenvalue weighted by molar-refractivity contribution is 4.86. The summed E-state index contributed by atoms with van der Waals surface area (Å²) in [5.41, 5.74) is 5.55. The lowest BCUT2D eigenvalue weighted by Crippen LogP contribution is -2.50. The van der Waals surface area contributed by atoms with Crippen LogP contribution in [0.3, 0.4) is 0 Å². The van der Waals surface area contributed by atoms with Gasteiger partial charge in [0.1, 0.15) is 0 Å². The Bertz CT molecular complexity index is 234. The zero-order valence-corrected chi connectivity index (χ0v) is 12.2. The molecule has 0 aliphatic carbocycles. The fourth-order valence-corrected chi connectivity index (χ4v) is 2.66. The monoisotopic (exact) mass is 258 g/mol. The second-order valence-corrected chi connectivity index (χ2v) is 6.00. The van der Waals surface area contributed by atoms with E-state index in [9.17, 15) is 5.11 Å². The van der Waals surface area contributed by atoms with E-state index in [4.69, 9.17) is 10.5 Å². The van der Waals surface area contributed by atoms with Gasteiger partial charge in [-0.25, -0.2) is 0 Å². The van der Waals surface area contributed by atoms with E-state index in [0.717, 1.165) is 32.5 Å². The van der Waals surface area contributed by atoms with Crippen LogP contribution >= 0.6 is 0 Å². The molecule has 1 heterocycles. The first kappa shape index (κ1) is 15.9. The third-order valence-electron chi connectivity index (χ3n) is 3.71. The van der Waals surface area contributed by atoms with E-state index in [1.165, 1.54) is 12.8 Å². The molecule has 3 unspecified atom stereocenters. The molecule has 0 amide bonds. The van der Waals surface area contributed by atoms with Gasteiger partial charge in [-0.1, -0.05) is 6.92 Å². The smallest absolute Gasteiger partial charge is 0.0702 e. The number of aliphatic hydroxyl groups excluding tert-OH is 1. The van der Waals surface area contributed by atoms with Gasteiger partial charge in [-0.3, -0.25) is 4.90 Å². The number of nitrogens with two attached hydrogens (primary N) is 1. The number of ether oxygens (including phenoxy) is 1. The summed E-state index contributed by atoms with van der Waals surface area (Å²) in [5, 5.41) is 9.24. The van der Waals surface area contributed by atoms with Gasteiger partial charge in [-0.15, -0.1) is 0 Å².